The number of nitrogens with one attached hydrogen (secondary N) is 1. The molecule has 1 aliphatic carbocycles. The Morgan fingerprint density at radius 3 is 2.75 bits per heavy atom. The number of carbonyl (C=O) groups excluding carboxylic acids is 2. The zero-order valence-corrected chi connectivity index (χ0v) is 14.1. The fourth-order valence-corrected chi connectivity index (χ4v) is 3.70. The first-order chi connectivity index (χ1) is 11.6. The molecular weight excluding hydrogens is 346 g/mol. The largest absolute Gasteiger partial charge is 0.294 e. The van der Waals surface area contributed by atoms with Gasteiger partial charge in [0, 0.05) is 11.0 Å². The number of benzene rings is 1. The summed E-state index contributed by atoms with van der Waals surface area (Å²) in [6.45, 7) is 0. The molecule has 1 aromatic rings. The number of hydrazine groups is 1. The summed E-state index contributed by atoms with van der Waals surface area (Å²) in [5, 5.41) is 0.589. The van der Waals surface area contributed by atoms with Crippen LogP contribution in [0.15, 0.2) is 63.5 Å². The van der Waals surface area contributed by atoms with E-state index in [2.05, 4.69) is 10.4 Å². The molecule has 0 bridgehead atoms. The highest BCUT2D eigenvalue weighted by Crippen LogP contribution is 2.40. The Morgan fingerprint density at radius 2 is 2.04 bits per heavy atom. The number of halogens is 1. The smallest absolute Gasteiger partial charge is 0.284 e. The number of nitrogens with two attached hydrogens (primary N) is 1. The molecule has 7 heteroatoms. The quantitative estimate of drug-likeness (QED) is 0.491. The normalized spacial score (nSPS) is 19.6. The molecule has 1 aliphatic heterocycles. The number of aliphatic imine (C=N–C) groups is 1. The highest BCUT2D eigenvalue weighted by Gasteiger charge is 2.32. The molecule has 0 saturated carbocycles. The summed E-state index contributed by atoms with van der Waals surface area (Å²) in [4.78, 5) is 28.6. The molecule has 1 heterocycles. The summed E-state index contributed by atoms with van der Waals surface area (Å²) in [6, 6.07) is 9.56. The number of hydrogen-bond donors (Lipinski definition) is 2. The minimum atomic E-state index is -0.361. The minimum absolute atomic E-state index is 0.0404. The SMILES string of the molecule is NNC(=O)CSC1=C(c2ccccc2)C2C=C(Cl)C=CC2=NC1=O. The van der Waals surface area contributed by atoms with E-state index in [4.69, 9.17) is 17.4 Å². The number of hydrogen-bond acceptors (Lipinski definition) is 4. The highest BCUT2D eigenvalue weighted by molar-refractivity contribution is 8.04. The van der Waals surface area contributed by atoms with Crippen LogP contribution in [0.4, 0.5) is 0 Å². The van der Waals surface area contributed by atoms with Crippen molar-refractivity contribution in [3.63, 3.8) is 0 Å². The maximum atomic E-state index is 12.5. The van der Waals surface area contributed by atoms with Crippen LogP contribution in [0, 0.1) is 5.92 Å². The van der Waals surface area contributed by atoms with Gasteiger partial charge in [0.25, 0.3) is 5.91 Å². The lowest BCUT2D eigenvalue weighted by atomic mass is 9.84. The Morgan fingerprint density at radius 1 is 1.29 bits per heavy atom. The second-order valence-corrected chi connectivity index (χ2v) is 6.59. The maximum absolute atomic E-state index is 12.5. The molecule has 0 fully saturated rings. The zero-order chi connectivity index (χ0) is 17.1. The van der Waals surface area contributed by atoms with Crippen molar-refractivity contribution in [1.82, 2.24) is 5.43 Å². The first kappa shape index (κ1) is 16.7. The van der Waals surface area contributed by atoms with Gasteiger partial charge in [-0.15, -0.1) is 11.8 Å². The van der Waals surface area contributed by atoms with Gasteiger partial charge in [0.05, 0.1) is 16.4 Å². The predicted octanol–water partition coefficient (Wildman–Crippen LogP) is 2.41. The number of nitrogens with zero attached hydrogens (tertiary/aromatic N) is 1. The standard InChI is InChI=1S/C17H14ClN3O2S/c18-11-6-7-13-12(8-11)15(10-4-2-1-3-5-10)16(17(23)20-13)24-9-14(22)21-19/h1-8,12H,9,19H2,(H,21,22). The van der Waals surface area contributed by atoms with Gasteiger partial charge < -0.3 is 0 Å². The summed E-state index contributed by atoms with van der Waals surface area (Å²) >= 11 is 7.28. The van der Waals surface area contributed by atoms with Crippen molar-refractivity contribution in [3.05, 3.63) is 64.1 Å². The van der Waals surface area contributed by atoms with Gasteiger partial charge >= 0.3 is 0 Å². The molecule has 0 aromatic heterocycles. The van der Waals surface area contributed by atoms with E-state index in [9.17, 15) is 9.59 Å². The van der Waals surface area contributed by atoms with E-state index in [-0.39, 0.29) is 23.5 Å². The minimum Gasteiger partial charge on any atom is -0.294 e. The predicted molar refractivity (Wildman–Crippen MR) is 97.2 cm³/mol. The third kappa shape index (κ3) is 3.36. The first-order valence-electron chi connectivity index (χ1n) is 7.20. The van der Waals surface area contributed by atoms with Crippen molar-refractivity contribution in [3.8, 4) is 0 Å². The van der Waals surface area contributed by atoms with E-state index in [0.29, 0.717) is 15.6 Å². The Bertz CT molecular complexity index is 812. The van der Waals surface area contributed by atoms with Crippen molar-refractivity contribution < 1.29 is 9.59 Å². The van der Waals surface area contributed by atoms with Crippen LogP contribution in [0.3, 0.4) is 0 Å². The second kappa shape index (κ2) is 7.17. The van der Waals surface area contributed by atoms with Crippen LogP contribution in [0.1, 0.15) is 5.56 Å². The van der Waals surface area contributed by atoms with E-state index < -0.39 is 0 Å². The topological polar surface area (TPSA) is 84.5 Å². The van der Waals surface area contributed by atoms with Crippen molar-refractivity contribution in [1.29, 1.82) is 0 Å². The van der Waals surface area contributed by atoms with Crippen LogP contribution in [0.25, 0.3) is 5.57 Å². The number of carbonyl (C=O) groups is 2. The zero-order valence-electron chi connectivity index (χ0n) is 12.5. The van der Waals surface area contributed by atoms with Crippen LogP contribution in [-0.4, -0.2) is 23.3 Å². The van der Waals surface area contributed by atoms with Gasteiger partial charge in [-0.3, -0.25) is 15.0 Å². The average molecular weight is 360 g/mol. The molecule has 2 amide bonds. The number of thioether (sulfide) groups is 1. The van der Waals surface area contributed by atoms with E-state index in [0.717, 1.165) is 22.9 Å². The van der Waals surface area contributed by atoms with Gasteiger partial charge in [0.2, 0.25) is 5.91 Å². The van der Waals surface area contributed by atoms with E-state index in [1.54, 1.807) is 12.2 Å². The second-order valence-electron chi connectivity index (χ2n) is 5.17. The number of fused-ring (bicyclic) bond motifs is 1. The molecule has 2 aliphatic rings. The van der Waals surface area contributed by atoms with Crippen LogP contribution in [-0.2, 0) is 9.59 Å². The van der Waals surface area contributed by atoms with Gasteiger partial charge in [0.15, 0.2) is 0 Å². The molecule has 1 aromatic carbocycles. The van der Waals surface area contributed by atoms with E-state index >= 15 is 0 Å². The molecule has 5 nitrogen and oxygen atoms in total. The Kier molecular flexibility index (Phi) is 4.99. The molecule has 1 atom stereocenters. The number of amides is 2. The van der Waals surface area contributed by atoms with E-state index in [1.807, 2.05) is 36.4 Å². The van der Waals surface area contributed by atoms with Gasteiger partial charge in [-0.1, -0.05) is 48.0 Å². The van der Waals surface area contributed by atoms with Crippen LogP contribution >= 0.6 is 23.4 Å². The molecule has 122 valence electrons. The third-order valence-corrected chi connectivity index (χ3v) is 4.97. The monoisotopic (exact) mass is 359 g/mol. The molecule has 0 radical (unpaired) electrons. The molecule has 24 heavy (non-hydrogen) atoms. The summed E-state index contributed by atoms with van der Waals surface area (Å²) in [5.41, 5.74) is 4.42. The molecule has 0 saturated heterocycles. The highest BCUT2D eigenvalue weighted by atomic mass is 35.5. The Balaban J connectivity index is 2.08. The fourth-order valence-electron chi connectivity index (χ4n) is 2.58. The summed E-state index contributed by atoms with van der Waals surface area (Å²) < 4.78 is 0. The molecule has 1 unspecified atom stereocenters. The number of dihydropyridines is 1. The summed E-state index contributed by atoms with van der Waals surface area (Å²) in [7, 11) is 0. The van der Waals surface area contributed by atoms with Crippen LogP contribution in [0.2, 0.25) is 0 Å². The van der Waals surface area contributed by atoms with Crippen molar-refractivity contribution in [2.24, 2.45) is 16.8 Å². The van der Waals surface area contributed by atoms with Crippen molar-refractivity contribution >= 4 is 46.5 Å². The lowest BCUT2D eigenvalue weighted by Crippen LogP contribution is -2.32. The number of rotatable bonds is 4. The number of allylic oxidation sites excluding steroid dienone is 5. The Labute approximate surface area is 148 Å². The summed E-state index contributed by atoms with van der Waals surface area (Å²) in [5.74, 6) is 4.22. The maximum Gasteiger partial charge on any atom is 0.284 e. The van der Waals surface area contributed by atoms with Crippen LogP contribution in [0.5, 0.6) is 0 Å². The van der Waals surface area contributed by atoms with Crippen LogP contribution < -0.4 is 11.3 Å². The van der Waals surface area contributed by atoms with E-state index in [1.165, 1.54) is 0 Å². The molecular formula is C17H14ClN3O2S. The lowest BCUT2D eigenvalue weighted by molar-refractivity contribution is -0.118. The summed E-state index contributed by atoms with van der Waals surface area (Å²) in [6.07, 6.45) is 5.33. The lowest BCUT2D eigenvalue weighted by Gasteiger charge is -2.26. The third-order valence-electron chi connectivity index (χ3n) is 3.63. The molecule has 3 N–H and O–H groups in total. The van der Waals surface area contributed by atoms with Gasteiger partial charge in [-0.25, -0.2) is 10.8 Å². The fraction of sp³-hybridized carbons (Fsp3) is 0.118. The molecule has 3 rings (SSSR count). The Hall–Kier alpha value is -2.15. The van der Waals surface area contributed by atoms with Crippen molar-refractivity contribution in [2.45, 2.75) is 0 Å². The van der Waals surface area contributed by atoms with Gasteiger partial charge in [-0.2, -0.15) is 0 Å². The van der Waals surface area contributed by atoms with Gasteiger partial charge in [0.1, 0.15) is 0 Å². The molecule has 0 spiro atoms. The van der Waals surface area contributed by atoms with Gasteiger partial charge in [-0.05, 0) is 23.3 Å². The van der Waals surface area contributed by atoms with Crippen molar-refractivity contribution in [2.75, 3.05) is 5.75 Å². The average Bonchev–Trinajstić information content (AvgIpc) is 2.60. The first-order valence-corrected chi connectivity index (χ1v) is 8.56.